The van der Waals surface area contributed by atoms with Crippen LogP contribution in [0.1, 0.15) is 47.6 Å². The van der Waals surface area contributed by atoms with Gasteiger partial charge in [-0.25, -0.2) is 0 Å². The monoisotopic (exact) mass is 425 g/mol. The number of hydrogen-bond donors (Lipinski definition) is 1. The first-order valence-electron chi connectivity index (χ1n) is 10.5. The van der Waals surface area contributed by atoms with E-state index < -0.39 is 0 Å². The number of thiophene rings is 1. The molecule has 0 spiro atoms. The number of nitrogens with zero attached hydrogens (tertiary/aromatic N) is 2. The molecule has 3 heterocycles. The van der Waals surface area contributed by atoms with Gasteiger partial charge in [-0.3, -0.25) is 9.69 Å². The van der Waals surface area contributed by atoms with Gasteiger partial charge in [-0.05, 0) is 68.6 Å². The van der Waals surface area contributed by atoms with Gasteiger partial charge in [0.05, 0.1) is 12.6 Å². The molecule has 3 aromatic rings. The molecule has 30 heavy (non-hydrogen) atoms. The third-order valence-corrected chi connectivity index (χ3v) is 6.33. The van der Waals surface area contributed by atoms with Crippen molar-refractivity contribution >= 4 is 17.2 Å². The molecule has 0 saturated carbocycles. The van der Waals surface area contributed by atoms with Crippen molar-refractivity contribution in [3.05, 3.63) is 58.4 Å². The molecule has 1 amide bonds. The van der Waals surface area contributed by atoms with Crippen LogP contribution in [0.25, 0.3) is 11.3 Å². The van der Waals surface area contributed by atoms with Gasteiger partial charge >= 0.3 is 0 Å². The van der Waals surface area contributed by atoms with Crippen LogP contribution in [0.15, 0.2) is 52.4 Å². The number of piperidine rings is 1. The van der Waals surface area contributed by atoms with Crippen molar-refractivity contribution in [1.29, 1.82) is 0 Å². The fourth-order valence-corrected chi connectivity index (χ4v) is 4.66. The first-order valence-corrected chi connectivity index (χ1v) is 11.4. The predicted octanol–water partition coefficient (Wildman–Crippen LogP) is 4.76. The van der Waals surface area contributed by atoms with Crippen LogP contribution in [-0.4, -0.2) is 42.2 Å². The van der Waals surface area contributed by atoms with Crippen molar-refractivity contribution in [3.8, 4) is 17.1 Å². The van der Waals surface area contributed by atoms with E-state index in [1.54, 1.807) is 17.4 Å². The second-order valence-corrected chi connectivity index (χ2v) is 8.35. The lowest BCUT2D eigenvalue weighted by atomic mass is 10.1. The highest BCUT2D eigenvalue weighted by Gasteiger charge is 2.24. The summed E-state index contributed by atoms with van der Waals surface area (Å²) in [6.07, 6.45) is 3.71. The molecule has 1 aliphatic heterocycles. The molecule has 0 bridgehead atoms. The minimum Gasteiger partial charge on any atom is -0.494 e. The molecular formula is C23H27N3O3S. The Bertz CT molecular complexity index is 931. The summed E-state index contributed by atoms with van der Waals surface area (Å²) in [4.78, 5) is 16.5. The molecular weight excluding hydrogens is 398 g/mol. The Morgan fingerprint density at radius 1 is 1.23 bits per heavy atom. The number of benzene rings is 1. The molecule has 1 saturated heterocycles. The SMILES string of the molecule is CCOc1ccc(-c2cc(C(=O)NC[C@H](c3cccs3)N3CCCCC3)no2)cc1. The number of aromatic nitrogens is 1. The Labute approximate surface area is 180 Å². The summed E-state index contributed by atoms with van der Waals surface area (Å²) in [5.74, 6) is 1.15. The van der Waals surface area contributed by atoms with Gasteiger partial charge in [0, 0.05) is 23.1 Å². The van der Waals surface area contributed by atoms with E-state index in [-0.39, 0.29) is 11.9 Å². The van der Waals surface area contributed by atoms with Gasteiger partial charge in [-0.1, -0.05) is 17.6 Å². The molecule has 4 rings (SSSR count). The zero-order valence-electron chi connectivity index (χ0n) is 17.2. The molecule has 158 valence electrons. The Morgan fingerprint density at radius 3 is 2.73 bits per heavy atom. The molecule has 6 nitrogen and oxygen atoms in total. The first kappa shape index (κ1) is 20.6. The fourth-order valence-electron chi connectivity index (χ4n) is 3.80. The van der Waals surface area contributed by atoms with Gasteiger partial charge in [-0.15, -0.1) is 11.3 Å². The summed E-state index contributed by atoms with van der Waals surface area (Å²) >= 11 is 1.74. The van der Waals surface area contributed by atoms with E-state index >= 15 is 0 Å². The second-order valence-electron chi connectivity index (χ2n) is 7.37. The average molecular weight is 426 g/mol. The standard InChI is InChI=1S/C23H27N3O3S/c1-2-28-18-10-8-17(9-11-18)21-15-19(25-29-21)23(27)24-16-20(22-7-6-14-30-22)26-12-4-3-5-13-26/h6-11,14-15,20H,2-5,12-13,16H2,1H3,(H,24,27)/t20-/m1/s1. The molecule has 0 unspecified atom stereocenters. The van der Waals surface area contributed by atoms with Crippen LogP contribution < -0.4 is 10.1 Å². The summed E-state index contributed by atoms with van der Waals surface area (Å²) in [6, 6.07) is 13.7. The van der Waals surface area contributed by atoms with Gasteiger partial charge in [0.2, 0.25) is 0 Å². The third kappa shape index (κ3) is 4.91. The van der Waals surface area contributed by atoms with E-state index in [1.165, 1.54) is 24.1 Å². The van der Waals surface area contributed by atoms with Gasteiger partial charge in [0.15, 0.2) is 11.5 Å². The lowest BCUT2D eigenvalue weighted by molar-refractivity contribution is 0.0917. The van der Waals surface area contributed by atoms with Crippen molar-refractivity contribution in [3.63, 3.8) is 0 Å². The van der Waals surface area contributed by atoms with E-state index in [0.29, 0.717) is 24.6 Å². The number of ether oxygens (including phenoxy) is 1. The number of amides is 1. The van der Waals surface area contributed by atoms with Crippen LogP contribution in [0.3, 0.4) is 0 Å². The highest BCUT2D eigenvalue weighted by molar-refractivity contribution is 7.10. The van der Waals surface area contributed by atoms with E-state index in [0.717, 1.165) is 24.4 Å². The maximum atomic E-state index is 12.7. The lowest BCUT2D eigenvalue weighted by Gasteiger charge is -2.34. The topological polar surface area (TPSA) is 67.6 Å². The molecule has 7 heteroatoms. The van der Waals surface area contributed by atoms with Crippen LogP contribution in [0.2, 0.25) is 0 Å². The highest BCUT2D eigenvalue weighted by atomic mass is 32.1. The Kier molecular flexibility index (Phi) is 6.81. The molecule has 1 N–H and O–H groups in total. The van der Waals surface area contributed by atoms with Crippen molar-refractivity contribution in [2.45, 2.75) is 32.2 Å². The van der Waals surface area contributed by atoms with Gasteiger partial charge in [-0.2, -0.15) is 0 Å². The number of rotatable bonds is 8. The number of hydrogen-bond acceptors (Lipinski definition) is 6. The molecule has 1 aliphatic rings. The minimum atomic E-state index is -0.213. The van der Waals surface area contributed by atoms with E-state index in [4.69, 9.17) is 9.26 Å². The Balaban J connectivity index is 1.40. The third-order valence-electron chi connectivity index (χ3n) is 5.35. The van der Waals surface area contributed by atoms with Crippen molar-refractivity contribution in [2.24, 2.45) is 0 Å². The van der Waals surface area contributed by atoms with Crippen LogP contribution in [0, 0.1) is 0 Å². The minimum absolute atomic E-state index is 0.201. The smallest absolute Gasteiger partial charge is 0.273 e. The average Bonchev–Trinajstić information content (AvgIpc) is 3.48. The van der Waals surface area contributed by atoms with Crippen LogP contribution in [0.5, 0.6) is 5.75 Å². The van der Waals surface area contributed by atoms with Crippen molar-refractivity contribution in [1.82, 2.24) is 15.4 Å². The number of carbonyl (C=O) groups is 1. The molecule has 1 fully saturated rings. The number of nitrogens with one attached hydrogen (secondary N) is 1. The number of likely N-dealkylation sites (tertiary alicyclic amines) is 1. The second kappa shape index (κ2) is 9.91. The summed E-state index contributed by atoms with van der Waals surface area (Å²) in [7, 11) is 0. The highest BCUT2D eigenvalue weighted by Crippen LogP contribution is 2.28. The quantitative estimate of drug-likeness (QED) is 0.564. The van der Waals surface area contributed by atoms with Gasteiger partial charge in [0.25, 0.3) is 5.91 Å². The number of carbonyl (C=O) groups excluding carboxylic acids is 1. The molecule has 2 aromatic heterocycles. The Morgan fingerprint density at radius 2 is 2.03 bits per heavy atom. The van der Waals surface area contributed by atoms with Gasteiger partial charge < -0.3 is 14.6 Å². The Hall–Kier alpha value is -2.64. The maximum absolute atomic E-state index is 12.7. The van der Waals surface area contributed by atoms with E-state index in [2.05, 4.69) is 32.9 Å². The van der Waals surface area contributed by atoms with Gasteiger partial charge in [0.1, 0.15) is 5.75 Å². The summed E-state index contributed by atoms with van der Waals surface area (Å²) in [6.45, 7) is 5.28. The summed E-state index contributed by atoms with van der Waals surface area (Å²) in [5, 5.41) is 9.13. The fraction of sp³-hybridized carbons (Fsp3) is 0.391. The molecule has 0 radical (unpaired) electrons. The zero-order chi connectivity index (χ0) is 20.8. The molecule has 1 aromatic carbocycles. The lowest BCUT2D eigenvalue weighted by Crippen LogP contribution is -2.40. The molecule has 1 atom stereocenters. The van der Waals surface area contributed by atoms with E-state index in [1.807, 2.05) is 31.2 Å². The largest absolute Gasteiger partial charge is 0.494 e. The summed E-state index contributed by atoms with van der Waals surface area (Å²) < 4.78 is 10.9. The zero-order valence-corrected chi connectivity index (χ0v) is 18.0. The van der Waals surface area contributed by atoms with E-state index in [9.17, 15) is 4.79 Å². The predicted molar refractivity (Wildman–Crippen MR) is 118 cm³/mol. The van der Waals surface area contributed by atoms with Crippen LogP contribution >= 0.6 is 11.3 Å². The first-order chi connectivity index (χ1) is 14.7. The van der Waals surface area contributed by atoms with Crippen LogP contribution in [0.4, 0.5) is 0 Å². The van der Waals surface area contributed by atoms with Crippen molar-refractivity contribution < 1.29 is 14.1 Å². The van der Waals surface area contributed by atoms with Crippen LogP contribution in [-0.2, 0) is 0 Å². The van der Waals surface area contributed by atoms with Crippen molar-refractivity contribution in [2.75, 3.05) is 26.2 Å². The molecule has 0 aliphatic carbocycles. The maximum Gasteiger partial charge on any atom is 0.273 e. The summed E-state index contributed by atoms with van der Waals surface area (Å²) in [5.41, 5.74) is 1.15. The normalized spacial score (nSPS) is 15.6.